The van der Waals surface area contributed by atoms with Crippen LogP contribution in [0.2, 0.25) is 0 Å². The minimum Gasteiger partial charge on any atom is -0.450 e. The zero-order chi connectivity index (χ0) is 21.8. The minimum atomic E-state index is -0.532. The summed E-state index contributed by atoms with van der Waals surface area (Å²) in [6.07, 6.45) is 4.09. The van der Waals surface area contributed by atoms with Gasteiger partial charge in [-0.15, -0.1) is 10.2 Å². The summed E-state index contributed by atoms with van der Waals surface area (Å²) >= 11 is 2.79. The lowest BCUT2D eigenvalue weighted by Crippen LogP contribution is -2.15. The van der Waals surface area contributed by atoms with E-state index in [0.717, 1.165) is 26.8 Å². The first-order valence-corrected chi connectivity index (χ1v) is 11.3. The van der Waals surface area contributed by atoms with E-state index < -0.39 is 5.91 Å². The zero-order valence-electron chi connectivity index (χ0n) is 16.9. The van der Waals surface area contributed by atoms with Crippen LogP contribution in [0.25, 0.3) is 17.0 Å². The smallest absolute Gasteiger partial charge is 0.293 e. The molecule has 8 heteroatoms. The van der Waals surface area contributed by atoms with E-state index in [0.29, 0.717) is 16.1 Å². The Labute approximate surface area is 187 Å². The summed E-state index contributed by atoms with van der Waals surface area (Å²) in [5, 5.41) is 11.6. The number of carbonyl (C=O) groups excluding carboxylic acids is 1. The molecule has 0 unspecified atom stereocenters. The van der Waals surface area contributed by atoms with Gasteiger partial charge in [-0.1, -0.05) is 71.6 Å². The van der Waals surface area contributed by atoms with E-state index in [2.05, 4.69) is 15.5 Å². The molecular weight excluding hydrogens is 430 g/mol. The fraction of sp³-hybridized carbons (Fsp3) is 0.130. The van der Waals surface area contributed by atoms with Crippen LogP contribution in [0, 0.1) is 13.8 Å². The molecule has 0 atom stereocenters. The Balaban J connectivity index is 1.42. The molecule has 156 valence electrons. The predicted molar refractivity (Wildman–Crippen MR) is 126 cm³/mol. The highest BCUT2D eigenvalue weighted by atomic mass is 32.2. The number of hydrogen-bond donors (Lipinski definition) is 1. The second-order valence-corrected chi connectivity index (χ2v) is 9.13. The molecule has 2 heterocycles. The lowest BCUT2D eigenvalue weighted by atomic mass is 10.1. The molecule has 0 saturated carbocycles. The molecule has 1 N–H and O–H groups in total. The van der Waals surface area contributed by atoms with Crippen LogP contribution in [0.1, 0.15) is 27.2 Å². The van der Waals surface area contributed by atoms with Crippen molar-refractivity contribution in [1.82, 2.24) is 10.2 Å². The van der Waals surface area contributed by atoms with Gasteiger partial charge in [0.15, 0.2) is 15.5 Å². The van der Waals surface area contributed by atoms with Crippen molar-refractivity contribution >= 4 is 51.2 Å². The summed E-state index contributed by atoms with van der Waals surface area (Å²) in [7, 11) is 0. The van der Waals surface area contributed by atoms with Crippen LogP contribution < -0.4 is 10.7 Å². The number of nitrogens with zero attached hydrogens (tertiary/aromatic N) is 2. The molecule has 2 aromatic carbocycles. The molecule has 0 radical (unpaired) electrons. The molecule has 4 aromatic rings. The number of aryl methyl sites for hydroxylation is 2. The summed E-state index contributed by atoms with van der Waals surface area (Å²) in [5.74, 6) is 0.144. The maximum Gasteiger partial charge on any atom is 0.293 e. The fourth-order valence-electron chi connectivity index (χ4n) is 3.07. The third kappa shape index (κ3) is 5.10. The maximum absolute atomic E-state index is 12.6. The Morgan fingerprint density at radius 2 is 1.97 bits per heavy atom. The Hall–Kier alpha value is -3.23. The molecule has 6 nitrogen and oxygen atoms in total. The van der Waals surface area contributed by atoms with E-state index in [-0.39, 0.29) is 11.2 Å². The van der Waals surface area contributed by atoms with E-state index in [9.17, 15) is 9.59 Å². The second kappa shape index (κ2) is 9.28. The number of fused-ring (bicyclic) bond motifs is 1. The van der Waals surface area contributed by atoms with E-state index in [1.54, 1.807) is 6.07 Å². The van der Waals surface area contributed by atoms with Gasteiger partial charge in [-0.2, -0.15) is 0 Å². The number of nitrogens with one attached hydrogen (secondary N) is 1. The Morgan fingerprint density at radius 3 is 2.77 bits per heavy atom. The van der Waals surface area contributed by atoms with Crippen LogP contribution in [0.3, 0.4) is 0 Å². The van der Waals surface area contributed by atoms with Crippen LogP contribution in [-0.2, 0) is 0 Å². The van der Waals surface area contributed by atoms with Gasteiger partial charge in [-0.25, -0.2) is 0 Å². The van der Waals surface area contributed by atoms with E-state index >= 15 is 0 Å². The number of hydrogen-bond acceptors (Lipinski definition) is 7. The van der Waals surface area contributed by atoms with Crippen molar-refractivity contribution in [1.29, 1.82) is 0 Å². The van der Waals surface area contributed by atoms with E-state index in [4.69, 9.17) is 4.42 Å². The Morgan fingerprint density at radius 1 is 1.16 bits per heavy atom. The summed E-state index contributed by atoms with van der Waals surface area (Å²) in [6.45, 7) is 3.76. The quantitative estimate of drug-likeness (QED) is 0.317. The van der Waals surface area contributed by atoms with Gasteiger partial charge in [0.25, 0.3) is 5.91 Å². The van der Waals surface area contributed by atoms with Crippen LogP contribution in [0.4, 0.5) is 5.13 Å². The first-order valence-electron chi connectivity index (χ1n) is 9.54. The topological polar surface area (TPSA) is 85.1 Å². The van der Waals surface area contributed by atoms with Crippen LogP contribution in [0.5, 0.6) is 0 Å². The highest BCUT2D eigenvalue weighted by Gasteiger charge is 2.16. The number of aromatic nitrogens is 2. The predicted octanol–water partition coefficient (Wildman–Crippen LogP) is 5.32. The van der Waals surface area contributed by atoms with Crippen molar-refractivity contribution in [3.05, 3.63) is 87.3 Å². The molecule has 0 bridgehead atoms. The van der Waals surface area contributed by atoms with Crippen molar-refractivity contribution in [2.24, 2.45) is 0 Å². The third-order valence-electron chi connectivity index (χ3n) is 4.42. The summed E-state index contributed by atoms with van der Waals surface area (Å²) < 4.78 is 6.46. The third-order valence-corrected chi connectivity index (χ3v) is 6.35. The first kappa shape index (κ1) is 21.0. The lowest BCUT2D eigenvalue weighted by Gasteiger charge is -2.06. The SMILES string of the molecule is Cc1cc(C)c2oc(C(=O)Nc3nnc(SCC=Cc4ccccc4)s3)cc(=O)c2c1. The number of amides is 1. The van der Waals surface area contributed by atoms with Gasteiger partial charge in [0.2, 0.25) is 5.13 Å². The molecule has 1 amide bonds. The molecule has 0 aliphatic heterocycles. The molecule has 0 aliphatic carbocycles. The molecule has 0 aliphatic rings. The van der Waals surface area contributed by atoms with Crippen LogP contribution in [-0.4, -0.2) is 21.9 Å². The monoisotopic (exact) mass is 449 g/mol. The largest absolute Gasteiger partial charge is 0.450 e. The molecule has 0 saturated heterocycles. The first-order chi connectivity index (χ1) is 15.0. The zero-order valence-corrected chi connectivity index (χ0v) is 18.5. The Bertz CT molecular complexity index is 1330. The van der Waals surface area contributed by atoms with Gasteiger partial charge < -0.3 is 4.42 Å². The molecule has 2 aromatic heterocycles. The molecule has 0 fully saturated rings. The fourth-order valence-corrected chi connectivity index (χ4v) is 4.65. The van der Waals surface area contributed by atoms with Crippen LogP contribution >= 0.6 is 23.1 Å². The average Bonchev–Trinajstić information content (AvgIpc) is 3.19. The molecule has 31 heavy (non-hydrogen) atoms. The highest BCUT2D eigenvalue weighted by molar-refractivity contribution is 8.01. The van der Waals surface area contributed by atoms with Crippen LogP contribution in [0.15, 0.2) is 68.2 Å². The number of anilines is 1. The number of benzene rings is 2. The van der Waals surface area contributed by atoms with Gasteiger partial charge >= 0.3 is 0 Å². The summed E-state index contributed by atoms with van der Waals surface area (Å²) in [4.78, 5) is 25.0. The van der Waals surface area contributed by atoms with Crippen molar-refractivity contribution in [3.8, 4) is 0 Å². The van der Waals surface area contributed by atoms with E-state index in [1.807, 2.05) is 62.4 Å². The minimum absolute atomic E-state index is 0.0559. The lowest BCUT2D eigenvalue weighted by molar-refractivity contribution is 0.0997. The summed E-state index contributed by atoms with van der Waals surface area (Å²) in [5.41, 5.74) is 3.07. The van der Waals surface area contributed by atoms with Gasteiger partial charge in [0.1, 0.15) is 5.58 Å². The van der Waals surface area contributed by atoms with Gasteiger partial charge in [-0.3, -0.25) is 14.9 Å². The molecular formula is C23H19N3O3S2. The van der Waals surface area contributed by atoms with Crippen molar-refractivity contribution in [3.63, 3.8) is 0 Å². The average molecular weight is 450 g/mol. The normalized spacial score (nSPS) is 11.3. The standard InChI is InChI=1S/C23H19N3O3S2/c1-14-11-15(2)20-17(12-14)18(27)13-19(29-20)21(28)24-22-25-26-23(31-22)30-10-6-9-16-7-4-3-5-8-16/h3-9,11-13H,10H2,1-2H3,(H,24,25,28). The van der Waals surface area contributed by atoms with Gasteiger partial charge in [0, 0.05) is 11.8 Å². The number of rotatable bonds is 6. The van der Waals surface area contributed by atoms with Crippen molar-refractivity contribution < 1.29 is 9.21 Å². The Kier molecular flexibility index (Phi) is 6.29. The highest BCUT2D eigenvalue weighted by Crippen LogP contribution is 2.26. The number of carbonyl (C=O) groups is 1. The number of thioether (sulfide) groups is 1. The van der Waals surface area contributed by atoms with Gasteiger partial charge in [0.05, 0.1) is 5.39 Å². The van der Waals surface area contributed by atoms with Crippen molar-refractivity contribution in [2.45, 2.75) is 18.2 Å². The molecule has 0 spiro atoms. The second-order valence-electron chi connectivity index (χ2n) is 6.88. The van der Waals surface area contributed by atoms with Gasteiger partial charge in [-0.05, 0) is 36.6 Å². The maximum atomic E-state index is 12.6. The van der Waals surface area contributed by atoms with E-state index in [1.165, 1.54) is 29.2 Å². The molecule has 4 rings (SSSR count). The van der Waals surface area contributed by atoms with Crippen molar-refractivity contribution in [2.75, 3.05) is 11.1 Å². The summed E-state index contributed by atoms with van der Waals surface area (Å²) in [6, 6.07) is 14.9.